The highest BCUT2D eigenvalue weighted by Crippen LogP contribution is 2.28. The lowest BCUT2D eigenvalue weighted by Crippen LogP contribution is -2.29. The number of hydrogen-bond acceptors (Lipinski definition) is 4. The van der Waals surface area contributed by atoms with Crippen molar-refractivity contribution in [2.45, 2.75) is 18.9 Å². The van der Waals surface area contributed by atoms with Crippen molar-refractivity contribution in [1.82, 2.24) is 4.98 Å². The summed E-state index contributed by atoms with van der Waals surface area (Å²) in [6.07, 6.45) is 1.83. The van der Waals surface area contributed by atoms with E-state index in [2.05, 4.69) is 10.3 Å². The second-order valence-electron chi connectivity index (χ2n) is 4.40. The molecule has 6 heteroatoms. The largest absolute Gasteiger partial charge is 0.359 e. The molecule has 18 heavy (non-hydrogen) atoms. The fourth-order valence-corrected chi connectivity index (χ4v) is 4.34. The van der Waals surface area contributed by atoms with E-state index < -0.39 is 10.8 Å². The molecule has 0 radical (unpaired) electrons. The molecule has 0 spiro atoms. The Morgan fingerprint density at radius 1 is 1.39 bits per heavy atom. The van der Waals surface area contributed by atoms with Crippen molar-refractivity contribution >= 4 is 37.5 Å². The molecule has 1 aliphatic heterocycles. The molecule has 0 amide bonds. The predicted molar refractivity (Wildman–Crippen MR) is 74.1 cm³/mol. The lowest BCUT2D eigenvalue weighted by molar-refractivity contribution is 0.624. The average Bonchev–Trinajstić information content (AvgIpc) is 2.73. The summed E-state index contributed by atoms with van der Waals surface area (Å²) in [7, 11) is -0.643. The molecule has 1 aromatic carbocycles. The van der Waals surface area contributed by atoms with Gasteiger partial charge in [0, 0.05) is 28.3 Å². The van der Waals surface area contributed by atoms with Gasteiger partial charge in [0.15, 0.2) is 5.13 Å². The molecule has 1 saturated heterocycles. The van der Waals surface area contributed by atoms with Crippen LogP contribution in [-0.2, 0) is 10.8 Å². The molecule has 2 heterocycles. The molecule has 3 nitrogen and oxygen atoms in total. The van der Waals surface area contributed by atoms with Gasteiger partial charge in [-0.25, -0.2) is 9.37 Å². The number of aromatic nitrogens is 1. The van der Waals surface area contributed by atoms with Crippen molar-refractivity contribution in [2.75, 3.05) is 16.8 Å². The van der Waals surface area contributed by atoms with E-state index in [1.54, 1.807) is 6.07 Å². The fraction of sp³-hybridized carbons (Fsp3) is 0.417. The summed E-state index contributed by atoms with van der Waals surface area (Å²) in [5.41, 5.74) is 0.822. The Morgan fingerprint density at radius 3 is 2.94 bits per heavy atom. The molecule has 0 unspecified atom stereocenters. The minimum atomic E-state index is -0.643. The number of nitrogens with one attached hydrogen (secondary N) is 1. The number of hydrogen-bond donors (Lipinski definition) is 1. The summed E-state index contributed by atoms with van der Waals surface area (Å²) in [5, 5.41) is 4.19. The van der Waals surface area contributed by atoms with Crippen LogP contribution >= 0.6 is 11.3 Å². The minimum Gasteiger partial charge on any atom is -0.359 e. The molecule has 3 rings (SSSR count). The van der Waals surface area contributed by atoms with E-state index >= 15 is 0 Å². The zero-order valence-corrected chi connectivity index (χ0v) is 11.3. The molecule has 1 N–H and O–H groups in total. The molecule has 2 aromatic rings. The van der Waals surface area contributed by atoms with Gasteiger partial charge in [0.1, 0.15) is 5.82 Å². The first-order valence-electron chi connectivity index (χ1n) is 5.88. The van der Waals surface area contributed by atoms with Crippen LogP contribution < -0.4 is 5.32 Å². The van der Waals surface area contributed by atoms with Crippen LogP contribution in [0.25, 0.3) is 10.2 Å². The van der Waals surface area contributed by atoms with E-state index in [9.17, 15) is 8.60 Å². The Balaban J connectivity index is 1.76. The van der Waals surface area contributed by atoms with Crippen molar-refractivity contribution in [1.29, 1.82) is 0 Å². The topological polar surface area (TPSA) is 42.0 Å². The number of anilines is 1. The van der Waals surface area contributed by atoms with Crippen molar-refractivity contribution in [3.05, 3.63) is 24.0 Å². The van der Waals surface area contributed by atoms with Crippen molar-refractivity contribution in [3.63, 3.8) is 0 Å². The first kappa shape index (κ1) is 12.0. The molecule has 1 aromatic heterocycles. The van der Waals surface area contributed by atoms with Crippen molar-refractivity contribution in [3.8, 4) is 0 Å². The molecule has 0 bridgehead atoms. The lowest BCUT2D eigenvalue weighted by Gasteiger charge is -2.21. The third kappa shape index (κ3) is 2.54. The maximum Gasteiger partial charge on any atom is 0.184 e. The summed E-state index contributed by atoms with van der Waals surface area (Å²) >= 11 is 1.47. The smallest absolute Gasteiger partial charge is 0.184 e. The van der Waals surface area contributed by atoms with Crippen LogP contribution in [0.1, 0.15) is 12.8 Å². The molecular weight excluding hydrogens is 271 g/mol. The fourth-order valence-electron chi connectivity index (χ4n) is 2.07. The SMILES string of the molecule is O=S1CCC(Nc2nc3ccc(F)cc3s2)CC1. The van der Waals surface area contributed by atoms with E-state index in [-0.39, 0.29) is 5.82 Å². The van der Waals surface area contributed by atoms with Gasteiger partial charge >= 0.3 is 0 Å². The van der Waals surface area contributed by atoms with Crippen molar-refractivity contribution < 1.29 is 8.60 Å². The Hall–Kier alpha value is -1.01. The van der Waals surface area contributed by atoms with Gasteiger partial charge in [0.25, 0.3) is 0 Å². The molecule has 0 atom stereocenters. The van der Waals surface area contributed by atoms with Gasteiger partial charge in [-0.15, -0.1) is 0 Å². The average molecular weight is 284 g/mol. The normalized spacial score (nSPS) is 24.3. The van der Waals surface area contributed by atoms with Gasteiger partial charge in [0.2, 0.25) is 0 Å². The first-order valence-corrected chi connectivity index (χ1v) is 8.19. The zero-order valence-electron chi connectivity index (χ0n) is 9.69. The maximum atomic E-state index is 13.1. The third-order valence-corrected chi connectivity index (χ3v) is 5.40. The Kier molecular flexibility index (Phi) is 3.30. The zero-order chi connectivity index (χ0) is 12.5. The van der Waals surface area contributed by atoms with E-state index in [1.807, 2.05) is 0 Å². The lowest BCUT2D eigenvalue weighted by atomic mass is 10.2. The van der Waals surface area contributed by atoms with Crippen molar-refractivity contribution in [2.24, 2.45) is 0 Å². The number of benzene rings is 1. The van der Waals surface area contributed by atoms with Crippen LogP contribution in [0, 0.1) is 5.82 Å². The van der Waals surface area contributed by atoms with E-state index in [4.69, 9.17) is 0 Å². The number of fused-ring (bicyclic) bond motifs is 1. The summed E-state index contributed by atoms with van der Waals surface area (Å²) in [6.45, 7) is 0. The Morgan fingerprint density at radius 2 is 2.17 bits per heavy atom. The molecule has 1 fully saturated rings. The molecule has 96 valence electrons. The minimum absolute atomic E-state index is 0.231. The second-order valence-corrected chi connectivity index (χ2v) is 7.12. The monoisotopic (exact) mass is 284 g/mol. The Bertz CT molecular complexity index is 589. The molecule has 1 aliphatic rings. The maximum absolute atomic E-state index is 13.1. The number of rotatable bonds is 2. The van der Waals surface area contributed by atoms with Crippen LogP contribution in [-0.4, -0.2) is 26.7 Å². The van der Waals surface area contributed by atoms with Crippen LogP contribution in [0.5, 0.6) is 0 Å². The highest BCUT2D eigenvalue weighted by molar-refractivity contribution is 7.85. The molecule has 0 saturated carbocycles. The summed E-state index contributed by atoms with van der Waals surface area (Å²) in [4.78, 5) is 4.43. The first-order chi connectivity index (χ1) is 8.70. The van der Waals surface area contributed by atoms with Gasteiger partial charge < -0.3 is 5.32 Å². The molecular formula is C12H13FN2OS2. The number of thiazole rings is 1. The van der Waals surface area contributed by atoms with Crippen LogP contribution in [0.4, 0.5) is 9.52 Å². The van der Waals surface area contributed by atoms with Gasteiger partial charge in [-0.2, -0.15) is 0 Å². The van der Waals surface area contributed by atoms with E-state index in [0.29, 0.717) is 6.04 Å². The molecule has 0 aliphatic carbocycles. The van der Waals surface area contributed by atoms with Gasteiger partial charge in [-0.1, -0.05) is 11.3 Å². The standard InChI is InChI=1S/C12H13FN2OS2/c13-8-1-2-10-11(7-8)17-12(15-10)14-9-3-5-18(16)6-4-9/h1-2,7,9H,3-6H2,(H,14,15). The van der Waals surface area contributed by atoms with Gasteiger partial charge in [-0.3, -0.25) is 4.21 Å². The summed E-state index contributed by atoms with van der Waals surface area (Å²) < 4.78 is 25.2. The highest BCUT2D eigenvalue weighted by atomic mass is 32.2. The highest BCUT2D eigenvalue weighted by Gasteiger charge is 2.18. The Labute approximate surface area is 111 Å². The van der Waals surface area contributed by atoms with Gasteiger partial charge in [0.05, 0.1) is 10.2 Å². The number of halogens is 1. The third-order valence-electron chi connectivity index (χ3n) is 3.07. The van der Waals surface area contributed by atoms with Crippen LogP contribution in [0.2, 0.25) is 0 Å². The quantitative estimate of drug-likeness (QED) is 0.922. The van der Waals surface area contributed by atoms with Crippen LogP contribution in [0.3, 0.4) is 0 Å². The summed E-state index contributed by atoms with van der Waals surface area (Å²) in [6, 6.07) is 4.97. The predicted octanol–water partition coefficient (Wildman–Crippen LogP) is 2.76. The second kappa shape index (κ2) is 4.93. The number of nitrogens with zero attached hydrogens (tertiary/aromatic N) is 1. The van der Waals surface area contributed by atoms with Crippen LogP contribution in [0.15, 0.2) is 18.2 Å². The van der Waals surface area contributed by atoms with Gasteiger partial charge in [-0.05, 0) is 31.0 Å². The van der Waals surface area contributed by atoms with E-state index in [1.165, 1.54) is 23.5 Å². The van der Waals surface area contributed by atoms with E-state index in [0.717, 1.165) is 39.7 Å². The summed E-state index contributed by atoms with van der Waals surface area (Å²) in [5.74, 6) is 1.29.